The van der Waals surface area contributed by atoms with Crippen LogP contribution in [0, 0.1) is 29.6 Å². The van der Waals surface area contributed by atoms with Crippen LogP contribution in [0.1, 0.15) is 49.5 Å². The number of hydrogen-bond acceptors (Lipinski definition) is 7. The first-order valence-electron chi connectivity index (χ1n) is 10.2. The van der Waals surface area contributed by atoms with Gasteiger partial charge in [0.05, 0.1) is 6.10 Å². The summed E-state index contributed by atoms with van der Waals surface area (Å²) in [5.41, 5.74) is -2.50. The minimum Gasteiger partial charge on any atom is -0.508 e. The number of carbonyl (C=O) groups excluding carboxylic acids is 2. The third-order valence-corrected chi connectivity index (χ3v) is 7.76. The lowest BCUT2D eigenvalue weighted by Crippen LogP contribution is -2.74. The molecule has 0 aromatic heterocycles. The monoisotopic (exact) mass is 416 g/mol. The molecule has 0 bridgehead atoms. The number of allylic oxidation sites excluding steroid dienone is 1. The molecule has 3 aliphatic rings. The van der Waals surface area contributed by atoms with Gasteiger partial charge in [0.2, 0.25) is 0 Å². The van der Waals surface area contributed by atoms with Gasteiger partial charge in [0, 0.05) is 23.0 Å². The van der Waals surface area contributed by atoms with Gasteiger partial charge in [-0.1, -0.05) is 26.8 Å². The molecule has 2 fully saturated rings. The summed E-state index contributed by atoms with van der Waals surface area (Å²) in [7, 11) is 0. The Morgan fingerprint density at radius 1 is 1.20 bits per heavy atom. The molecule has 0 heterocycles. The average molecular weight is 416 g/mol. The van der Waals surface area contributed by atoms with Crippen molar-refractivity contribution in [2.75, 3.05) is 0 Å². The van der Waals surface area contributed by atoms with E-state index in [0.29, 0.717) is 18.3 Å². The molecule has 4 N–H and O–H groups in total. The Labute approximate surface area is 175 Å². The van der Waals surface area contributed by atoms with Crippen molar-refractivity contribution in [3.8, 4) is 11.5 Å². The van der Waals surface area contributed by atoms with Gasteiger partial charge in [-0.3, -0.25) is 4.79 Å². The molecule has 162 valence electrons. The molecule has 0 radical (unpaired) electrons. The maximum Gasteiger partial charge on any atom is 0.342 e. The van der Waals surface area contributed by atoms with Crippen molar-refractivity contribution in [3.05, 3.63) is 34.9 Å². The maximum atomic E-state index is 12.8. The molecule has 0 amide bonds. The molecule has 30 heavy (non-hydrogen) atoms. The highest BCUT2D eigenvalue weighted by atomic mass is 16.6. The van der Waals surface area contributed by atoms with Crippen LogP contribution < -0.4 is 0 Å². The van der Waals surface area contributed by atoms with Gasteiger partial charge in [-0.25, -0.2) is 4.79 Å². The summed E-state index contributed by atoms with van der Waals surface area (Å²) in [5.74, 6) is -1.75. The van der Waals surface area contributed by atoms with E-state index >= 15 is 0 Å². The van der Waals surface area contributed by atoms with Crippen molar-refractivity contribution >= 4 is 12.3 Å². The van der Waals surface area contributed by atoms with Gasteiger partial charge >= 0.3 is 5.97 Å². The Bertz CT molecular complexity index is 941. The van der Waals surface area contributed by atoms with Gasteiger partial charge in [0.25, 0.3) is 0 Å². The fourth-order valence-electron chi connectivity index (χ4n) is 6.21. The number of aliphatic hydroxyl groups excluding tert-OH is 1. The van der Waals surface area contributed by atoms with E-state index in [1.165, 1.54) is 6.07 Å². The smallest absolute Gasteiger partial charge is 0.342 e. The van der Waals surface area contributed by atoms with E-state index in [2.05, 4.69) is 0 Å². The highest BCUT2D eigenvalue weighted by molar-refractivity contribution is 5.94. The highest BCUT2D eigenvalue weighted by Gasteiger charge is 2.74. The largest absolute Gasteiger partial charge is 0.508 e. The lowest BCUT2D eigenvalue weighted by Gasteiger charge is -2.64. The van der Waals surface area contributed by atoms with E-state index in [4.69, 9.17) is 4.74 Å². The first kappa shape index (κ1) is 20.9. The number of benzene rings is 1. The van der Waals surface area contributed by atoms with Crippen LogP contribution in [0.5, 0.6) is 11.5 Å². The SMILES string of the molecule is Cc1cc(O)cc(O)c1C(=O)O[C@@H]1C[C@]2(C)C3[C@H](C=C(C=O)[C@]12O)CC(C)(C)[C@@H]3O. The molecule has 4 rings (SSSR count). The van der Waals surface area contributed by atoms with E-state index in [1.54, 1.807) is 13.0 Å². The predicted octanol–water partition coefficient (Wildman–Crippen LogP) is 2.23. The highest BCUT2D eigenvalue weighted by Crippen LogP contribution is 2.68. The summed E-state index contributed by atoms with van der Waals surface area (Å²) in [6.07, 6.45) is 1.66. The molecular formula is C23H28O7. The number of fused-ring (bicyclic) bond motifs is 3. The summed E-state index contributed by atoms with van der Waals surface area (Å²) in [4.78, 5) is 24.7. The lowest BCUT2D eigenvalue weighted by molar-refractivity contribution is -0.257. The molecule has 3 aliphatic carbocycles. The topological polar surface area (TPSA) is 124 Å². The van der Waals surface area contributed by atoms with Crippen LogP contribution in [0.2, 0.25) is 0 Å². The lowest BCUT2D eigenvalue weighted by atomic mass is 9.44. The Morgan fingerprint density at radius 3 is 2.47 bits per heavy atom. The van der Waals surface area contributed by atoms with Gasteiger partial charge in [-0.05, 0) is 42.7 Å². The van der Waals surface area contributed by atoms with Gasteiger partial charge < -0.3 is 25.2 Å². The number of phenolic OH excluding ortho intramolecular Hbond substituents is 2. The Hall–Kier alpha value is -2.38. The third kappa shape index (κ3) is 2.51. The van der Waals surface area contributed by atoms with Crippen molar-refractivity contribution in [2.24, 2.45) is 22.7 Å². The van der Waals surface area contributed by atoms with Crippen molar-refractivity contribution in [2.45, 2.75) is 58.3 Å². The Balaban J connectivity index is 1.68. The third-order valence-electron chi connectivity index (χ3n) is 7.76. The van der Waals surface area contributed by atoms with Crippen molar-refractivity contribution in [1.29, 1.82) is 0 Å². The number of phenols is 2. The van der Waals surface area contributed by atoms with Crippen LogP contribution in [-0.4, -0.2) is 50.5 Å². The number of rotatable bonds is 3. The molecular weight excluding hydrogens is 388 g/mol. The molecule has 0 spiro atoms. The van der Waals surface area contributed by atoms with Crippen LogP contribution in [-0.2, 0) is 9.53 Å². The minimum absolute atomic E-state index is 0.0412. The van der Waals surface area contributed by atoms with Crippen LogP contribution >= 0.6 is 0 Å². The Kier molecular flexibility index (Phi) is 4.39. The molecule has 1 aromatic carbocycles. The molecule has 0 saturated heterocycles. The molecule has 2 saturated carbocycles. The zero-order valence-electron chi connectivity index (χ0n) is 17.5. The van der Waals surface area contributed by atoms with Gasteiger partial charge in [-0.15, -0.1) is 0 Å². The predicted molar refractivity (Wildman–Crippen MR) is 107 cm³/mol. The van der Waals surface area contributed by atoms with Crippen LogP contribution in [0.25, 0.3) is 0 Å². The van der Waals surface area contributed by atoms with Crippen molar-refractivity contribution in [3.63, 3.8) is 0 Å². The first-order chi connectivity index (χ1) is 13.9. The number of carbonyl (C=O) groups is 2. The van der Waals surface area contributed by atoms with E-state index in [1.807, 2.05) is 20.8 Å². The van der Waals surface area contributed by atoms with Gasteiger partial charge in [0.15, 0.2) is 0 Å². The standard InChI is InChI=1S/C23H28O7/c1-11-5-14(25)7-15(26)17(11)20(28)30-16-9-22(4)18-12(8-21(2,3)19(18)27)6-13(10-24)23(16,22)29/h5-7,10,12,16,18-19,25-27,29H,8-9H2,1-4H3/t12-,16-,18?,19-,22-,23+/m1/s1. The molecule has 6 atom stereocenters. The van der Waals surface area contributed by atoms with E-state index < -0.39 is 34.9 Å². The van der Waals surface area contributed by atoms with E-state index in [-0.39, 0.29) is 40.6 Å². The van der Waals surface area contributed by atoms with Gasteiger partial charge in [0.1, 0.15) is 35.1 Å². The van der Waals surface area contributed by atoms with Crippen molar-refractivity contribution < 1.29 is 34.8 Å². The number of aryl methyl sites for hydroxylation is 1. The maximum absolute atomic E-state index is 12.8. The molecule has 7 nitrogen and oxygen atoms in total. The Morgan fingerprint density at radius 2 is 1.87 bits per heavy atom. The molecule has 1 unspecified atom stereocenters. The number of aliphatic hydroxyl groups is 2. The molecule has 0 aliphatic heterocycles. The fraction of sp³-hybridized carbons (Fsp3) is 0.565. The number of aldehydes is 1. The second-order valence-electron chi connectivity index (χ2n) is 10.0. The van der Waals surface area contributed by atoms with Crippen molar-refractivity contribution in [1.82, 2.24) is 0 Å². The normalized spacial score (nSPS) is 38.7. The van der Waals surface area contributed by atoms with Crippen LogP contribution in [0.4, 0.5) is 0 Å². The number of ether oxygens (including phenoxy) is 1. The molecule has 7 heteroatoms. The second kappa shape index (κ2) is 6.31. The number of esters is 1. The molecule has 1 aromatic rings. The summed E-state index contributed by atoms with van der Waals surface area (Å²) < 4.78 is 5.57. The van der Waals surface area contributed by atoms with Crippen LogP contribution in [0.3, 0.4) is 0 Å². The summed E-state index contributed by atoms with van der Waals surface area (Å²) in [6, 6.07) is 2.37. The summed E-state index contributed by atoms with van der Waals surface area (Å²) in [6.45, 7) is 7.33. The van der Waals surface area contributed by atoms with Crippen LogP contribution in [0.15, 0.2) is 23.8 Å². The second-order valence-corrected chi connectivity index (χ2v) is 10.0. The van der Waals surface area contributed by atoms with Gasteiger partial charge in [-0.2, -0.15) is 0 Å². The first-order valence-corrected chi connectivity index (χ1v) is 10.2. The average Bonchev–Trinajstić information content (AvgIpc) is 2.86. The number of aromatic hydroxyl groups is 2. The summed E-state index contributed by atoms with van der Waals surface area (Å²) in [5, 5.41) is 42.2. The minimum atomic E-state index is -1.71. The fourth-order valence-corrected chi connectivity index (χ4v) is 6.21. The zero-order chi connectivity index (χ0) is 22.2. The van der Waals surface area contributed by atoms with E-state index in [9.17, 15) is 30.0 Å². The summed E-state index contributed by atoms with van der Waals surface area (Å²) >= 11 is 0. The zero-order valence-corrected chi connectivity index (χ0v) is 17.5. The van der Waals surface area contributed by atoms with E-state index in [0.717, 1.165) is 6.07 Å². The number of hydrogen-bond donors (Lipinski definition) is 4. The quantitative estimate of drug-likeness (QED) is 0.440.